The highest BCUT2D eigenvalue weighted by molar-refractivity contribution is 5.99. The average molecular weight is 349 g/mol. The second-order valence-electron chi connectivity index (χ2n) is 6.37. The number of benzene rings is 2. The van der Waals surface area contributed by atoms with Gasteiger partial charge in [-0.1, -0.05) is 12.1 Å². The predicted molar refractivity (Wildman–Crippen MR) is 103 cm³/mol. The van der Waals surface area contributed by atoms with Crippen molar-refractivity contribution in [2.45, 2.75) is 27.3 Å². The van der Waals surface area contributed by atoms with Crippen molar-refractivity contribution in [3.8, 4) is 0 Å². The number of rotatable bonds is 5. The molecule has 0 atom stereocenters. The van der Waals surface area contributed by atoms with E-state index >= 15 is 0 Å². The molecular formula is C21H23N3O2. The SMILES string of the molecule is CCNC(=O)c1ccc(CNC(=O)c2ccc3[nH]c(C)c(C)c3c2)cc1. The van der Waals surface area contributed by atoms with Gasteiger partial charge < -0.3 is 15.6 Å². The Morgan fingerprint density at radius 3 is 2.27 bits per heavy atom. The summed E-state index contributed by atoms with van der Waals surface area (Å²) in [5.74, 6) is -0.202. The van der Waals surface area contributed by atoms with E-state index in [1.54, 1.807) is 12.1 Å². The van der Waals surface area contributed by atoms with Crippen molar-refractivity contribution in [2.75, 3.05) is 6.54 Å². The average Bonchev–Trinajstić information content (AvgIpc) is 2.94. The number of fused-ring (bicyclic) bond motifs is 1. The highest BCUT2D eigenvalue weighted by Crippen LogP contribution is 2.22. The lowest BCUT2D eigenvalue weighted by Crippen LogP contribution is -2.23. The smallest absolute Gasteiger partial charge is 0.251 e. The van der Waals surface area contributed by atoms with Crippen LogP contribution >= 0.6 is 0 Å². The van der Waals surface area contributed by atoms with Crippen molar-refractivity contribution in [1.29, 1.82) is 0 Å². The van der Waals surface area contributed by atoms with Crippen LogP contribution in [0.3, 0.4) is 0 Å². The zero-order chi connectivity index (χ0) is 18.7. The van der Waals surface area contributed by atoms with Crippen LogP contribution in [0, 0.1) is 13.8 Å². The van der Waals surface area contributed by atoms with Gasteiger partial charge in [-0.05, 0) is 62.2 Å². The highest BCUT2D eigenvalue weighted by Gasteiger charge is 2.10. The Morgan fingerprint density at radius 2 is 1.58 bits per heavy atom. The monoisotopic (exact) mass is 349 g/mol. The Kier molecular flexibility index (Phi) is 5.07. The first-order chi connectivity index (χ1) is 12.5. The van der Waals surface area contributed by atoms with E-state index in [1.165, 1.54) is 0 Å². The zero-order valence-electron chi connectivity index (χ0n) is 15.3. The number of nitrogens with one attached hydrogen (secondary N) is 3. The second kappa shape index (κ2) is 7.44. The first-order valence-corrected chi connectivity index (χ1v) is 8.74. The van der Waals surface area contributed by atoms with Crippen LogP contribution in [-0.4, -0.2) is 23.3 Å². The summed E-state index contributed by atoms with van der Waals surface area (Å²) in [6, 6.07) is 12.9. The Labute approximate surface area is 152 Å². The van der Waals surface area contributed by atoms with Crippen molar-refractivity contribution in [2.24, 2.45) is 0 Å². The van der Waals surface area contributed by atoms with E-state index in [1.807, 2.05) is 51.1 Å². The minimum atomic E-state index is -0.113. The largest absolute Gasteiger partial charge is 0.358 e. The predicted octanol–water partition coefficient (Wildman–Crippen LogP) is 3.46. The van der Waals surface area contributed by atoms with Gasteiger partial charge in [0.05, 0.1) is 0 Å². The molecule has 3 rings (SSSR count). The zero-order valence-corrected chi connectivity index (χ0v) is 15.3. The molecule has 0 spiro atoms. The van der Waals surface area contributed by atoms with Gasteiger partial charge in [-0.25, -0.2) is 0 Å². The molecule has 3 aromatic rings. The number of H-pyrrole nitrogens is 1. The van der Waals surface area contributed by atoms with Crippen LogP contribution < -0.4 is 10.6 Å². The van der Waals surface area contributed by atoms with Gasteiger partial charge in [-0.2, -0.15) is 0 Å². The van der Waals surface area contributed by atoms with E-state index in [0.29, 0.717) is 24.2 Å². The van der Waals surface area contributed by atoms with Crippen LogP contribution in [0.1, 0.15) is 44.5 Å². The fourth-order valence-electron chi connectivity index (χ4n) is 2.92. The van der Waals surface area contributed by atoms with E-state index in [-0.39, 0.29) is 11.8 Å². The molecule has 3 N–H and O–H groups in total. The first kappa shape index (κ1) is 17.7. The van der Waals surface area contributed by atoms with Gasteiger partial charge >= 0.3 is 0 Å². The summed E-state index contributed by atoms with van der Waals surface area (Å²) in [6.07, 6.45) is 0. The lowest BCUT2D eigenvalue weighted by atomic mass is 10.1. The topological polar surface area (TPSA) is 74.0 Å². The number of carbonyl (C=O) groups is 2. The highest BCUT2D eigenvalue weighted by atomic mass is 16.2. The van der Waals surface area contributed by atoms with Crippen LogP contribution in [0.2, 0.25) is 0 Å². The number of aromatic nitrogens is 1. The van der Waals surface area contributed by atoms with Crippen molar-refractivity contribution in [3.63, 3.8) is 0 Å². The summed E-state index contributed by atoms with van der Waals surface area (Å²) in [4.78, 5) is 27.5. The molecule has 0 aliphatic rings. The van der Waals surface area contributed by atoms with Gasteiger partial charge in [0.2, 0.25) is 0 Å². The van der Waals surface area contributed by atoms with Gasteiger partial charge in [-0.3, -0.25) is 9.59 Å². The Hall–Kier alpha value is -3.08. The molecule has 2 amide bonds. The quantitative estimate of drug-likeness (QED) is 0.660. The van der Waals surface area contributed by atoms with Gasteiger partial charge in [0.1, 0.15) is 0 Å². The molecule has 1 heterocycles. The van der Waals surface area contributed by atoms with E-state index in [0.717, 1.165) is 27.7 Å². The third-order valence-electron chi connectivity index (χ3n) is 4.58. The van der Waals surface area contributed by atoms with E-state index in [4.69, 9.17) is 0 Å². The van der Waals surface area contributed by atoms with E-state index < -0.39 is 0 Å². The molecular weight excluding hydrogens is 326 g/mol. The molecule has 2 aromatic carbocycles. The van der Waals surface area contributed by atoms with Gasteiger partial charge in [0.25, 0.3) is 11.8 Å². The van der Waals surface area contributed by atoms with Crippen molar-refractivity contribution in [3.05, 3.63) is 70.4 Å². The minimum Gasteiger partial charge on any atom is -0.358 e. The lowest BCUT2D eigenvalue weighted by Gasteiger charge is -2.07. The molecule has 0 saturated carbocycles. The van der Waals surface area contributed by atoms with Gasteiger partial charge in [0, 0.05) is 40.8 Å². The number of amides is 2. The number of aromatic amines is 1. The molecule has 0 saturated heterocycles. The maximum atomic E-state index is 12.5. The molecule has 0 radical (unpaired) electrons. The van der Waals surface area contributed by atoms with Crippen LogP contribution in [0.25, 0.3) is 10.9 Å². The van der Waals surface area contributed by atoms with E-state index in [9.17, 15) is 9.59 Å². The molecule has 0 bridgehead atoms. The standard InChI is InChI=1S/C21H23N3O2/c1-4-22-20(25)16-7-5-15(6-8-16)12-23-21(26)17-9-10-19-18(11-17)13(2)14(3)24-19/h5-11,24H,4,12H2,1-3H3,(H,22,25)(H,23,26). The second-order valence-corrected chi connectivity index (χ2v) is 6.37. The fraction of sp³-hybridized carbons (Fsp3) is 0.238. The number of hydrogen-bond donors (Lipinski definition) is 3. The Bertz CT molecular complexity index is 955. The third kappa shape index (κ3) is 3.61. The minimum absolute atomic E-state index is 0.0893. The molecule has 1 aromatic heterocycles. The molecule has 134 valence electrons. The van der Waals surface area contributed by atoms with Crippen LogP contribution in [0.5, 0.6) is 0 Å². The Morgan fingerprint density at radius 1 is 0.923 bits per heavy atom. The first-order valence-electron chi connectivity index (χ1n) is 8.74. The lowest BCUT2D eigenvalue weighted by molar-refractivity contribution is 0.0944. The normalized spacial score (nSPS) is 10.7. The van der Waals surface area contributed by atoms with Crippen LogP contribution in [0.4, 0.5) is 0 Å². The molecule has 0 aliphatic carbocycles. The maximum Gasteiger partial charge on any atom is 0.251 e. The molecule has 26 heavy (non-hydrogen) atoms. The molecule has 5 heteroatoms. The summed E-state index contributed by atoms with van der Waals surface area (Å²) < 4.78 is 0. The van der Waals surface area contributed by atoms with Crippen molar-refractivity contribution in [1.82, 2.24) is 15.6 Å². The fourth-order valence-corrected chi connectivity index (χ4v) is 2.92. The van der Waals surface area contributed by atoms with Crippen LogP contribution in [-0.2, 0) is 6.54 Å². The number of aryl methyl sites for hydroxylation is 2. The summed E-state index contributed by atoms with van der Waals surface area (Å²) in [5, 5.41) is 6.76. The third-order valence-corrected chi connectivity index (χ3v) is 4.58. The van der Waals surface area contributed by atoms with Gasteiger partial charge in [-0.15, -0.1) is 0 Å². The van der Waals surface area contributed by atoms with E-state index in [2.05, 4.69) is 15.6 Å². The summed E-state index contributed by atoms with van der Waals surface area (Å²) in [5.41, 5.74) is 5.52. The number of carbonyl (C=O) groups excluding carboxylic acids is 2. The maximum absolute atomic E-state index is 12.5. The van der Waals surface area contributed by atoms with Crippen molar-refractivity contribution >= 4 is 22.7 Å². The summed E-state index contributed by atoms with van der Waals surface area (Å²) in [6.45, 7) is 6.97. The van der Waals surface area contributed by atoms with Crippen LogP contribution in [0.15, 0.2) is 42.5 Å². The molecule has 0 unspecified atom stereocenters. The molecule has 0 aliphatic heterocycles. The summed E-state index contributed by atoms with van der Waals surface area (Å²) >= 11 is 0. The molecule has 0 fully saturated rings. The van der Waals surface area contributed by atoms with Gasteiger partial charge in [0.15, 0.2) is 0 Å². The summed E-state index contributed by atoms with van der Waals surface area (Å²) in [7, 11) is 0. The number of hydrogen-bond acceptors (Lipinski definition) is 2. The molecule has 5 nitrogen and oxygen atoms in total. The van der Waals surface area contributed by atoms with Crippen molar-refractivity contribution < 1.29 is 9.59 Å². The Balaban J connectivity index is 1.67.